The summed E-state index contributed by atoms with van der Waals surface area (Å²) in [5, 5.41) is 18.1. The summed E-state index contributed by atoms with van der Waals surface area (Å²) >= 11 is 0. The predicted octanol–water partition coefficient (Wildman–Crippen LogP) is 2.80. The van der Waals surface area contributed by atoms with Crippen LogP contribution in [0, 0.1) is 11.3 Å². The SMILES string of the molecule is N#CC(=Cc1ccc2c(c1)OCO2)c1nnc2n1CCCCC2. The Morgan fingerprint density at radius 2 is 2.09 bits per heavy atom. The molecule has 0 atom stereocenters. The van der Waals surface area contributed by atoms with Crippen molar-refractivity contribution in [3.8, 4) is 17.6 Å². The molecule has 23 heavy (non-hydrogen) atoms. The monoisotopic (exact) mass is 308 g/mol. The number of allylic oxidation sites excluding steroid dienone is 1. The van der Waals surface area contributed by atoms with Gasteiger partial charge in [-0.15, -0.1) is 10.2 Å². The van der Waals surface area contributed by atoms with Crippen LogP contribution in [-0.2, 0) is 13.0 Å². The Balaban J connectivity index is 1.72. The van der Waals surface area contributed by atoms with E-state index in [4.69, 9.17) is 9.47 Å². The van der Waals surface area contributed by atoms with Gasteiger partial charge in [-0.1, -0.05) is 12.5 Å². The molecule has 2 aliphatic rings. The van der Waals surface area contributed by atoms with Crippen LogP contribution in [0.15, 0.2) is 18.2 Å². The van der Waals surface area contributed by atoms with Crippen molar-refractivity contribution in [1.82, 2.24) is 14.8 Å². The molecule has 0 amide bonds. The molecule has 0 spiro atoms. The highest BCUT2D eigenvalue weighted by molar-refractivity contribution is 5.87. The first-order valence-corrected chi connectivity index (χ1v) is 7.79. The quantitative estimate of drug-likeness (QED) is 0.798. The second kappa shape index (κ2) is 5.76. The fourth-order valence-electron chi connectivity index (χ4n) is 3.00. The Morgan fingerprint density at radius 1 is 1.17 bits per heavy atom. The zero-order chi connectivity index (χ0) is 15.6. The molecule has 6 nitrogen and oxygen atoms in total. The lowest BCUT2D eigenvalue weighted by molar-refractivity contribution is 0.174. The Labute approximate surface area is 134 Å². The molecule has 3 heterocycles. The van der Waals surface area contributed by atoms with Crippen molar-refractivity contribution in [2.75, 3.05) is 6.79 Å². The molecule has 1 aromatic heterocycles. The van der Waals surface area contributed by atoms with E-state index in [0.717, 1.165) is 42.9 Å². The Kier molecular flexibility index (Phi) is 3.46. The molecule has 1 aromatic carbocycles. The van der Waals surface area contributed by atoms with Gasteiger partial charge in [0.2, 0.25) is 6.79 Å². The first-order chi connectivity index (χ1) is 11.3. The van der Waals surface area contributed by atoms with E-state index < -0.39 is 0 Å². The van der Waals surface area contributed by atoms with Crippen LogP contribution < -0.4 is 9.47 Å². The van der Waals surface area contributed by atoms with Crippen molar-refractivity contribution in [3.63, 3.8) is 0 Å². The number of hydrogen-bond acceptors (Lipinski definition) is 5. The highest BCUT2D eigenvalue weighted by Crippen LogP contribution is 2.33. The molecule has 0 fully saturated rings. The summed E-state index contributed by atoms with van der Waals surface area (Å²) in [6.07, 6.45) is 6.17. The lowest BCUT2D eigenvalue weighted by Gasteiger charge is -2.06. The molecule has 116 valence electrons. The summed E-state index contributed by atoms with van der Waals surface area (Å²) < 4.78 is 12.8. The van der Waals surface area contributed by atoms with Gasteiger partial charge in [0, 0.05) is 13.0 Å². The smallest absolute Gasteiger partial charge is 0.231 e. The number of benzene rings is 1. The molecule has 0 saturated heterocycles. The minimum atomic E-state index is 0.241. The summed E-state index contributed by atoms with van der Waals surface area (Å²) in [7, 11) is 0. The second-order valence-corrected chi connectivity index (χ2v) is 5.68. The first kappa shape index (κ1) is 13.8. The van der Waals surface area contributed by atoms with E-state index in [2.05, 4.69) is 20.8 Å². The number of rotatable bonds is 2. The maximum atomic E-state index is 9.57. The van der Waals surface area contributed by atoms with Crippen LogP contribution in [0.5, 0.6) is 11.5 Å². The molecule has 0 N–H and O–H groups in total. The van der Waals surface area contributed by atoms with E-state index in [-0.39, 0.29) is 6.79 Å². The molecule has 0 unspecified atom stereocenters. The molecule has 0 aliphatic carbocycles. The minimum Gasteiger partial charge on any atom is -0.454 e. The lowest BCUT2D eigenvalue weighted by atomic mass is 10.1. The van der Waals surface area contributed by atoms with Crippen LogP contribution in [0.25, 0.3) is 11.6 Å². The highest BCUT2D eigenvalue weighted by Gasteiger charge is 2.18. The highest BCUT2D eigenvalue weighted by atomic mass is 16.7. The third kappa shape index (κ3) is 2.55. The Bertz CT molecular complexity index is 816. The number of nitriles is 1. The molecule has 4 rings (SSSR count). The van der Waals surface area contributed by atoms with Crippen molar-refractivity contribution < 1.29 is 9.47 Å². The summed E-state index contributed by atoms with van der Waals surface area (Å²) in [6.45, 7) is 1.11. The second-order valence-electron chi connectivity index (χ2n) is 5.68. The van der Waals surface area contributed by atoms with Gasteiger partial charge in [-0.3, -0.25) is 0 Å². The van der Waals surface area contributed by atoms with Crippen LogP contribution in [0.3, 0.4) is 0 Å². The van der Waals surface area contributed by atoms with Crippen LogP contribution in [0.1, 0.15) is 36.5 Å². The summed E-state index contributed by atoms with van der Waals surface area (Å²) in [5.74, 6) is 3.07. The molecular weight excluding hydrogens is 292 g/mol. The van der Waals surface area contributed by atoms with Gasteiger partial charge in [0.25, 0.3) is 0 Å². The van der Waals surface area contributed by atoms with Gasteiger partial charge >= 0.3 is 0 Å². The average Bonchev–Trinajstić information content (AvgIpc) is 3.13. The minimum absolute atomic E-state index is 0.241. The van der Waals surface area contributed by atoms with Crippen LogP contribution in [0.4, 0.5) is 0 Å². The average molecular weight is 308 g/mol. The van der Waals surface area contributed by atoms with Gasteiger partial charge in [0.1, 0.15) is 11.9 Å². The van der Waals surface area contributed by atoms with Gasteiger partial charge in [0.15, 0.2) is 17.3 Å². The number of aromatic nitrogens is 3. The zero-order valence-corrected chi connectivity index (χ0v) is 12.7. The van der Waals surface area contributed by atoms with Crippen molar-refractivity contribution in [3.05, 3.63) is 35.4 Å². The lowest BCUT2D eigenvalue weighted by Crippen LogP contribution is -2.05. The summed E-state index contributed by atoms with van der Waals surface area (Å²) in [6, 6.07) is 7.89. The zero-order valence-electron chi connectivity index (χ0n) is 12.7. The molecule has 6 heteroatoms. The molecular formula is C17H16N4O2. The van der Waals surface area contributed by atoms with E-state index >= 15 is 0 Å². The predicted molar refractivity (Wildman–Crippen MR) is 83.6 cm³/mol. The van der Waals surface area contributed by atoms with Crippen molar-refractivity contribution in [2.45, 2.75) is 32.2 Å². The standard InChI is InChI=1S/C17H16N4O2/c18-10-13(8-12-5-6-14-15(9-12)23-11-22-14)17-20-19-16-4-2-1-3-7-21(16)17/h5-6,8-9H,1-4,7,11H2. The normalized spacial score (nSPS) is 16.6. The van der Waals surface area contributed by atoms with Gasteiger partial charge in [-0.05, 0) is 36.6 Å². The van der Waals surface area contributed by atoms with Gasteiger partial charge in [-0.25, -0.2) is 0 Å². The van der Waals surface area contributed by atoms with E-state index in [1.165, 1.54) is 6.42 Å². The third-order valence-electron chi connectivity index (χ3n) is 4.18. The van der Waals surface area contributed by atoms with E-state index in [1.54, 1.807) is 0 Å². The van der Waals surface area contributed by atoms with Gasteiger partial charge in [0.05, 0.1) is 5.57 Å². The van der Waals surface area contributed by atoms with E-state index in [1.807, 2.05) is 24.3 Å². The van der Waals surface area contributed by atoms with Gasteiger partial charge in [-0.2, -0.15) is 5.26 Å². The fourth-order valence-corrected chi connectivity index (χ4v) is 3.00. The van der Waals surface area contributed by atoms with E-state index in [9.17, 15) is 5.26 Å². The first-order valence-electron chi connectivity index (χ1n) is 7.79. The largest absolute Gasteiger partial charge is 0.454 e. The molecule has 2 aromatic rings. The topological polar surface area (TPSA) is 73.0 Å². The fraction of sp³-hybridized carbons (Fsp3) is 0.353. The third-order valence-corrected chi connectivity index (χ3v) is 4.18. The van der Waals surface area contributed by atoms with Gasteiger partial charge < -0.3 is 14.0 Å². The number of fused-ring (bicyclic) bond motifs is 2. The van der Waals surface area contributed by atoms with Crippen LogP contribution in [0.2, 0.25) is 0 Å². The molecule has 0 radical (unpaired) electrons. The number of aryl methyl sites for hydroxylation is 1. The Morgan fingerprint density at radius 3 is 3.00 bits per heavy atom. The number of hydrogen-bond donors (Lipinski definition) is 0. The maximum Gasteiger partial charge on any atom is 0.231 e. The molecule has 0 saturated carbocycles. The molecule has 0 bridgehead atoms. The van der Waals surface area contributed by atoms with Crippen LogP contribution in [-0.4, -0.2) is 21.6 Å². The van der Waals surface area contributed by atoms with Crippen molar-refractivity contribution in [1.29, 1.82) is 5.26 Å². The number of nitrogens with zero attached hydrogens (tertiary/aromatic N) is 4. The van der Waals surface area contributed by atoms with Crippen molar-refractivity contribution in [2.24, 2.45) is 0 Å². The summed E-state index contributed by atoms with van der Waals surface area (Å²) in [5.41, 5.74) is 1.40. The van der Waals surface area contributed by atoms with Crippen LogP contribution >= 0.6 is 0 Å². The maximum absolute atomic E-state index is 9.57. The summed E-state index contributed by atoms with van der Waals surface area (Å²) in [4.78, 5) is 0. The number of ether oxygens (including phenoxy) is 2. The van der Waals surface area contributed by atoms with E-state index in [0.29, 0.717) is 17.1 Å². The van der Waals surface area contributed by atoms with Crippen molar-refractivity contribution >= 4 is 11.6 Å². The molecule has 2 aliphatic heterocycles. The Hall–Kier alpha value is -2.81.